The van der Waals surface area contributed by atoms with Gasteiger partial charge in [0.2, 0.25) is 10.0 Å². The first kappa shape index (κ1) is 19.9. The molecule has 0 atom stereocenters. The largest absolute Gasteiger partial charge is 0.481 e. The number of piperidine rings is 1. The Kier molecular flexibility index (Phi) is 5.90. The van der Waals surface area contributed by atoms with Gasteiger partial charge in [0.15, 0.2) is 0 Å². The van der Waals surface area contributed by atoms with Crippen molar-refractivity contribution in [2.45, 2.75) is 55.9 Å². The summed E-state index contributed by atoms with van der Waals surface area (Å²) in [5.74, 6) is -1.44. The highest BCUT2D eigenvalue weighted by Gasteiger charge is 2.30. The molecule has 1 aliphatic heterocycles. The van der Waals surface area contributed by atoms with Crippen molar-refractivity contribution in [3.05, 3.63) is 18.0 Å². The standard InChI is InChI=1S/C18H27N3O5S/c1-20-12-15(27(25,26)21-9-3-2-4-10-21)11-16(20)17(22)19-14-7-5-13(6-8-14)18(23)24/h11-14H,2-10H2,1H3,(H,19,22)(H,23,24). The molecule has 0 radical (unpaired) electrons. The number of rotatable bonds is 5. The van der Waals surface area contributed by atoms with Gasteiger partial charge < -0.3 is 15.0 Å². The Morgan fingerprint density at radius 2 is 1.74 bits per heavy atom. The zero-order valence-electron chi connectivity index (χ0n) is 15.6. The number of amides is 1. The molecule has 1 aromatic rings. The second-order valence-corrected chi connectivity index (χ2v) is 9.43. The fourth-order valence-corrected chi connectivity index (χ4v) is 5.49. The SMILES string of the molecule is Cn1cc(S(=O)(=O)N2CCCCC2)cc1C(=O)NC1CCC(C(=O)O)CC1. The monoisotopic (exact) mass is 397 g/mol. The second kappa shape index (κ2) is 8.02. The highest BCUT2D eigenvalue weighted by molar-refractivity contribution is 7.89. The van der Waals surface area contributed by atoms with E-state index in [0.717, 1.165) is 19.3 Å². The van der Waals surface area contributed by atoms with Crippen LogP contribution in [0, 0.1) is 5.92 Å². The van der Waals surface area contributed by atoms with Gasteiger partial charge >= 0.3 is 5.97 Å². The molecule has 8 nitrogen and oxygen atoms in total. The van der Waals surface area contributed by atoms with E-state index in [2.05, 4.69) is 5.32 Å². The molecule has 150 valence electrons. The number of carbonyl (C=O) groups is 2. The van der Waals surface area contributed by atoms with Gasteiger partial charge in [-0.25, -0.2) is 8.42 Å². The summed E-state index contributed by atoms with van der Waals surface area (Å²) >= 11 is 0. The van der Waals surface area contributed by atoms with Crippen molar-refractivity contribution in [2.24, 2.45) is 13.0 Å². The molecular weight excluding hydrogens is 370 g/mol. The molecule has 2 N–H and O–H groups in total. The molecule has 0 bridgehead atoms. The van der Waals surface area contributed by atoms with Crippen molar-refractivity contribution >= 4 is 21.9 Å². The van der Waals surface area contributed by atoms with E-state index in [9.17, 15) is 18.0 Å². The molecule has 2 aliphatic rings. The molecule has 2 heterocycles. The number of hydrogen-bond donors (Lipinski definition) is 2. The Hall–Kier alpha value is -1.87. The molecular formula is C18H27N3O5S. The first-order valence-corrected chi connectivity index (χ1v) is 10.9. The number of hydrogen-bond acceptors (Lipinski definition) is 4. The van der Waals surface area contributed by atoms with Crippen LogP contribution in [0.5, 0.6) is 0 Å². The van der Waals surface area contributed by atoms with E-state index >= 15 is 0 Å². The van der Waals surface area contributed by atoms with E-state index in [1.165, 1.54) is 21.1 Å². The van der Waals surface area contributed by atoms with Crippen LogP contribution < -0.4 is 5.32 Å². The maximum atomic E-state index is 12.8. The molecule has 1 aromatic heterocycles. The van der Waals surface area contributed by atoms with E-state index in [0.29, 0.717) is 44.5 Å². The predicted octanol–water partition coefficient (Wildman–Crippen LogP) is 1.57. The molecule has 1 saturated heterocycles. The topological polar surface area (TPSA) is 109 Å². The Balaban J connectivity index is 1.67. The molecule has 2 fully saturated rings. The molecule has 0 unspecified atom stereocenters. The Morgan fingerprint density at radius 3 is 2.33 bits per heavy atom. The van der Waals surface area contributed by atoms with Crippen LogP contribution in [0.25, 0.3) is 0 Å². The summed E-state index contributed by atoms with van der Waals surface area (Å²) in [6.45, 7) is 1.04. The van der Waals surface area contributed by atoms with E-state index in [1.807, 2.05) is 0 Å². The van der Waals surface area contributed by atoms with Gasteiger partial charge in [-0.05, 0) is 44.6 Å². The highest BCUT2D eigenvalue weighted by atomic mass is 32.2. The quantitative estimate of drug-likeness (QED) is 0.784. The number of sulfonamides is 1. The molecule has 3 rings (SSSR count). The number of aryl methyl sites for hydroxylation is 1. The van der Waals surface area contributed by atoms with Gasteiger partial charge in [-0.3, -0.25) is 9.59 Å². The van der Waals surface area contributed by atoms with Crippen LogP contribution in [0.2, 0.25) is 0 Å². The molecule has 27 heavy (non-hydrogen) atoms. The lowest BCUT2D eigenvalue weighted by atomic mass is 9.86. The van der Waals surface area contributed by atoms with Crippen molar-refractivity contribution in [1.82, 2.24) is 14.2 Å². The Bertz CT molecular complexity index is 803. The molecule has 0 aromatic carbocycles. The van der Waals surface area contributed by atoms with Crippen LogP contribution in [0.4, 0.5) is 0 Å². The fraction of sp³-hybridized carbons (Fsp3) is 0.667. The number of aromatic nitrogens is 1. The second-order valence-electron chi connectivity index (χ2n) is 7.50. The van der Waals surface area contributed by atoms with Gasteiger partial charge in [0.05, 0.1) is 5.92 Å². The number of carboxylic acids is 1. The Morgan fingerprint density at radius 1 is 1.11 bits per heavy atom. The summed E-state index contributed by atoms with van der Waals surface area (Å²) in [6, 6.07) is 1.35. The van der Waals surface area contributed by atoms with Crippen molar-refractivity contribution < 1.29 is 23.1 Å². The number of carboxylic acid groups (broad SMARTS) is 1. The van der Waals surface area contributed by atoms with E-state index in [-0.39, 0.29) is 22.8 Å². The van der Waals surface area contributed by atoms with E-state index in [4.69, 9.17) is 5.11 Å². The summed E-state index contributed by atoms with van der Waals surface area (Å²) < 4.78 is 28.6. The molecule has 1 amide bonds. The van der Waals surface area contributed by atoms with Crippen LogP contribution >= 0.6 is 0 Å². The van der Waals surface area contributed by atoms with Crippen LogP contribution in [0.1, 0.15) is 55.4 Å². The van der Waals surface area contributed by atoms with Crippen molar-refractivity contribution in [3.8, 4) is 0 Å². The number of aliphatic carboxylic acids is 1. The number of carbonyl (C=O) groups excluding carboxylic acids is 1. The van der Waals surface area contributed by atoms with E-state index < -0.39 is 16.0 Å². The van der Waals surface area contributed by atoms with Crippen molar-refractivity contribution in [2.75, 3.05) is 13.1 Å². The van der Waals surface area contributed by atoms with E-state index in [1.54, 1.807) is 7.05 Å². The zero-order valence-corrected chi connectivity index (χ0v) is 16.4. The average Bonchev–Trinajstić information content (AvgIpc) is 3.05. The minimum Gasteiger partial charge on any atom is -0.481 e. The van der Waals surface area contributed by atoms with Crippen LogP contribution in [-0.2, 0) is 21.9 Å². The van der Waals surface area contributed by atoms with Gasteiger partial charge in [-0.2, -0.15) is 4.31 Å². The summed E-state index contributed by atoms with van der Waals surface area (Å²) in [5, 5.41) is 12.0. The number of nitrogens with one attached hydrogen (secondary N) is 1. The Labute approximate surface area is 159 Å². The summed E-state index contributed by atoms with van der Waals surface area (Å²) in [5.41, 5.74) is 0.297. The van der Waals surface area contributed by atoms with Gasteiger partial charge in [0, 0.05) is 32.4 Å². The lowest BCUT2D eigenvalue weighted by Crippen LogP contribution is -2.39. The average molecular weight is 397 g/mol. The third-order valence-electron chi connectivity index (χ3n) is 5.58. The third-order valence-corrected chi connectivity index (χ3v) is 7.44. The van der Waals surface area contributed by atoms with Gasteiger partial charge in [0.25, 0.3) is 5.91 Å². The zero-order chi connectivity index (χ0) is 19.6. The maximum absolute atomic E-state index is 12.8. The summed E-state index contributed by atoms with van der Waals surface area (Å²) in [6.07, 6.45) is 6.57. The first-order valence-electron chi connectivity index (χ1n) is 9.49. The minimum atomic E-state index is -3.58. The summed E-state index contributed by atoms with van der Waals surface area (Å²) in [4.78, 5) is 23.8. The normalized spacial score (nSPS) is 24.5. The fourth-order valence-electron chi connectivity index (χ4n) is 3.90. The smallest absolute Gasteiger partial charge is 0.306 e. The molecule has 9 heteroatoms. The van der Waals surface area contributed by atoms with Crippen molar-refractivity contribution in [1.29, 1.82) is 0 Å². The van der Waals surface area contributed by atoms with Crippen molar-refractivity contribution in [3.63, 3.8) is 0 Å². The highest BCUT2D eigenvalue weighted by Crippen LogP contribution is 2.25. The molecule has 1 saturated carbocycles. The van der Waals surface area contributed by atoms with Crippen LogP contribution in [0.15, 0.2) is 17.2 Å². The first-order chi connectivity index (χ1) is 12.8. The molecule has 1 aliphatic carbocycles. The van der Waals surface area contributed by atoms with Crippen LogP contribution in [-0.4, -0.2) is 53.4 Å². The lowest BCUT2D eigenvalue weighted by Gasteiger charge is -2.26. The maximum Gasteiger partial charge on any atom is 0.306 e. The third kappa shape index (κ3) is 4.35. The molecule has 0 spiro atoms. The van der Waals surface area contributed by atoms with Gasteiger partial charge in [0.1, 0.15) is 10.6 Å². The predicted molar refractivity (Wildman–Crippen MR) is 98.9 cm³/mol. The summed E-state index contributed by atoms with van der Waals surface area (Å²) in [7, 11) is -1.92. The minimum absolute atomic E-state index is 0.0786. The lowest BCUT2D eigenvalue weighted by molar-refractivity contribution is -0.142. The van der Waals surface area contributed by atoms with Gasteiger partial charge in [-0.1, -0.05) is 6.42 Å². The van der Waals surface area contributed by atoms with Crippen LogP contribution in [0.3, 0.4) is 0 Å². The van der Waals surface area contributed by atoms with Gasteiger partial charge in [-0.15, -0.1) is 0 Å². The number of nitrogens with zero attached hydrogens (tertiary/aromatic N) is 2.